The minimum absolute atomic E-state index is 0.264. The van der Waals surface area contributed by atoms with E-state index in [0.717, 1.165) is 73.6 Å². The van der Waals surface area contributed by atoms with E-state index >= 15 is 0 Å². The van der Waals surface area contributed by atoms with Crippen molar-refractivity contribution in [1.82, 2.24) is 14.8 Å². The minimum Gasteiger partial charge on any atom is -0.494 e. The molecular weight excluding hydrogens is 466 g/mol. The molecule has 2 aliphatic heterocycles. The molecule has 0 bridgehead atoms. The van der Waals surface area contributed by atoms with Crippen LogP contribution in [0.2, 0.25) is 5.02 Å². The number of morpholine rings is 1. The van der Waals surface area contributed by atoms with Crippen molar-refractivity contribution in [3.8, 4) is 5.75 Å². The smallest absolute Gasteiger partial charge is 0.410 e. The highest BCUT2D eigenvalue weighted by Gasteiger charge is 2.35. The third-order valence-electron chi connectivity index (χ3n) is 6.78. The standard InChI is InChI=1S/C27H32ClN3O4/c1-2-34-27(32)31-12-10-22-23-18-20(28)6-9-24(23)29-25(22)26(31)19-4-7-21(8-5-19)35-15-3-11-30-13-16-33-17-14-30/h4-9,18,26,29H,2-3,10-17H2,1H3. The maximum atomic E-state index is 12.9. The Bertz CT molecular complexity index is 1160. The molecule has 186 valence electrons. The molecule has 3 aromatic rings. The molecule has 1 atom stereocenters. The van der Waals surface area contributed by atoms with Gasteiger partial charge in [-0.25, -0.2) is 4.79 Å². The van der Waals surface area contributed by atoms with Crippen molar-refractivity contribution in [3.63, 3.8) is 0 Å². The largest absolute Gasteiger partial charge is 0.494 e. The van der Waals surface area contributed by atoms with Crippen LogP contribution in [0.25, 0.3) is 10.9 Å². The lowest BCUT2D eigenvalue weighted by molar-refractivity contribution is 0.0358. The van der Waals surface area contributed by atoms with Crippen LogP contribution in [0.5, 0.6) is 5.75 Å². The molecule has 1 unspecified atom stereocenters. The van der Waals surface area contributed by atoms with E-state index in [1.54, 1.807) is 4.90 Å². The minimum atomic E-state index is -0.303. The van der Waals surface area contributed by atoms with Gasteiger partial charge in [0.25, 0.3) is 0 Å². The van der Waals surface area contributed by atoms with Crippen LogP contribution >= 0.6 is 11.6 Å². The van der Waals surface area contributed by atoms with Gasteiger partial charge in [0.1, 0.15) is 11.8 Å². The Morgan fingerprint density at radius 2 is 1.94 bits per heavy atom. The molecule has 5 rings (SSSR count). The zero-order chi connectivity index (χ0) is 24.2. The van der Waals surface area contributed by atoms with E-state index in [-0.39, 0.29) is 12.1 Å². The summed E-state index contributed by atoms with van der Waals surface area (Å²) in [5.41, 5.74) is 4.25. The molecule has 7 nitrogen and oxygen atoms in total. The summed E-state index contributed by atoms with van der Waals surface area (Å²) in [6.07, 6.45) is 1.42. The van der Waals surface area contributed by atoms with Gasteiger partial charge in [0.2, 0.25) is 0 Å². The monoisotopic (exact) mass is 497 g/mol. The fourth-order valence-electron chi connectivity index (χ4n) is 5.06. The Morgan fingerprint density at radius 3 is 2.71 bits per heavy atom. The maximum Gasteiger partial charge on any atom is 0.410 e. The first-order chi connectivity index (χ1) is 17.1. The van der Waals surface area contributed by atoms with Gasteiger partial charge >= 0.3 is 6.09 Å². The van der Waals surface area contributed by atoms with Gasteiger partial charge in [-0.15, -0.1) is 0 Å². The third-order valence-corrected chi connectivity index (χ3v) is 7.01. The Kier molecular flexibility index (Phi) is 7.46. The first-order valence-electron chi connectivity index (χ1n) is 12.4. The number of nitrogens with one attached hydrogen (secondary N) is 1. The van der Waals surface area contributed by atoms with E-state index in [1.165, 1.54) is 5.56 Å². The van der Waals surface area contributed by atoms with Gasteiger partial charge in [-0.3, -0.25) is 9.80 Å². The van der Waals surface area contributed by atoms with Crippen LogP contribution in [-0.2, 0) is 15.9 Å². The van der Waals surface area contributed by atoms with Gasteiger partial charge in [-0.2, -0.15) is 0 Å². The van der Waals surface area contributed by atoms with Gasteiger partial charge in [0.05, 0.1) is 26.4 Å². The molecule has 1 fully saturated rings. The SMILES string of the molecule is CCOC(=O)N1CCc2c([nH]c3ccc(Cl)cc23)C1c1ccc(OCCCN2CCOCC2)cc1. The van der Waals surface area contributed by atoms with Gasteiger partial charge in [-0.1, -0.05) is 23.7 Å². The van der Waals surface area contributed by atoms with Crippen molar-refractivity contribution >= 4 is 28.6 Å². The van der Waals surface area contributed by atoms with Gasteiger partial charge in [0.15, 0.2) is 0 Å². The molecule has 1 N–H and O–H groups in total. The van der Waals surface area contributed by atoms with Crippen LogP contribution in [0.4, 0.5) is 4.79 Å². The van der Waals surface area contributed by atoms with E-state index in [0.29, 0.717) is 24.8 Å². The van der Waals surface area contributed by atoms with E-state index in [9.17, 15) is 4.79 Å². The average Bonchev–Trinajstić information content (AvgIpc) is 3.25. The second kappa shape index (κ2) is 10.9. The molecular formula is C27H32ClN3O4. The number of aromatic amines is 1. The zero-order valence-electron chi connectivity index (χ0n) is 20.1. The highest BCUT2D eigenvalue weighted by molar-refractivity contribution is 6.31. The first kappa shape index (κ1) is 24.0. The summed E-state index contributed by atoms with van der Waals surface area (Å²) in [4.78, 5) is 20.6. The summed E-state index contributed by atoms with van der Waals surface area (Å²) in [6, 6.07) is 13.7. The molecule has 3 heterocycles. The number of amides is 1. The highest BCUT2D eigenvalue weighted by Crippen LogP contribution is 2.39. The fraction of sp³-hybridized carbons (Fsp3) is 0.444. The van der Waals surface area contributed by atoms with Crippen molar-refractivity contribution in [2.45, 2.75) is 25.8 Å². The second-order valence-electron chi connectivity index (χ2n) is 8.98. The molecule has 35 heavy (non-hydrogen) atoms. The number of halogens is 1. The molecule has 2 aliphatic rings. The van der Waals surface area contributed by atoms with Gasteiger partial charge < -0.3 is 19.2 Å². The number of aromatic nitrogens is 1. The Morgan fingerprint density at radius 1 is 1.14 bits per heavy atom. The molecule has 0 saturated carbocycles. The van der Waals surface area contributed by atoms with Crippen LogP contribution in [0, 0.1) is 0 Å². The Labute approximate surface area is 210 Å². The first-order valence-corrected chi connectivity index (χ1v) is 12.8. The molecule has 0 aliphatic carbocycles. The lowest BCUT2D eigenvalue weighted by Crippen LogP contribution is -2.40. The summed E-state index contributed by atoms with van der Waals surface area (Å²) in [7, 11) is 0. The molecule has 1 aromatic heterocycles. The number of nitrogens with zero attached hydrogens (tertiary/aromatic N) is 2. The van der Waals surface area contributed by atoms with Gasteiger partial charge in [-0.05, 0) is 61.2 Å². The van der Waals surface area contributed by atoms with Crippen molar-refractivity contribution in [3.05, 3.63) is 64.3 Å². The number of benzene rings is 2. The predicted octanol–water partition coefficient (Wildman–Crippen LogP) is 5.03. The quantitative estimate of drug-likeness (QED) is 0.464. The van der Waals surface area contributed by atoms with E-state index in [4.69, 9.17) is 25.8 Å². The van der Waals surface area contributed by atoms with Crippen LogP contribution in [0.3, 0.4) is 0 Å². The van der Waals surface area contributed by atoms with Crippen LogP contribution < -0.4 is 4.74 Å². The van der Waals surface area contributed by atoms with Crippen molar-refractivity contribution in [2.75, 3.05) is 52.6 Å². The number of hydrogen-bond acceptors (Lipinski definition) is 5. The molecule has 1 saturated heterocycles. The van der Waals surface area contributed by atoms with E-state index in [2.05, 4.69) is 9.88 Å². The number of carbonyl (C=O) groups excluding carboxylic acids is 1. The third kappa shape index (κ3) is 5.27. The topological polar surface area (TPSA) is 67.0 Å². The zero-order valence-corrected chi connectivity index (χ0v) is 20.9. The average molecular weight is 498 g/mol. The van der Waals surface area contributed by atoms with Crippen LogP contribution in [-0.4, -0.2) is 73.5 Å². The van der Waals surface area contributed by atoms with Crippen LogP contribution in [0.1, 0.15) is 36.2 Å². The number of ether oxygens (including phenoxy) is 3. The molecule has 0 spiro atoms. The summed E-state index contributed by atoms with van der Waals surface area (Å²) in [5, 5.41) is 1.82. The summed E-state index contributed by atoms with van der Waals surface area (Å²) in [5.74, 6) is 0.831. The number of fused-ring (bicyclic) bond motifs is 3. The number of hydrogen-bond donors (Lipinski definition) is 1. The summed E-state index contributed by atoms with van der Waals surface area (Å²) in [6.45, 7) is 8.06. The molecule has 0 radical (unpaired) electrons. The number of rotatable bonds is 7. The fourth-order valence-corrected chi connectivity index (χ4v) is 5.23. The lowest BCUT2D eigenvalue weighted by Gasteiger charge is -2.35. The lowest BCUT2D eigenvalue weighted by atomic mass is 9.92. The van der Waals surface area contributed by atoms with Crippen molar-refractivity contribution in [2.24, 2.45) is 0 Å². The Balaban J connectivity index is 1.34. The summed E-state index contributed by atoms with van der Waals surface area (Å²) < 4.78 is 16.8. The van der Waals surface area contributed by atoms with Crippen molar-refractivity contribution in [1.29, 1.82) is 0 Å². The number of carbonyl (C=O) groups is 1. The number of H-pyrrole nitrogens is 1. The molecule has 1 amide bonds. The molecule has 8 heteroatoms. The molecule has 2 aromatic carbocycles. The normalized spacial score (nSPS) is 18.5. The maximum absolute atomic E-state index is 12.9. The highest BCUT2D eigenvalue weighted by atomic mass is 35.5. The van der Waals surface area contributed by atoms with Crippen molar-refractivity contribution < 1.29 is 19.0 Å². The Hall–Kier alpha value is -2.74. The van der Waals surface area contributed by atoms with Gasteiger partial charge in [0, 0.05) is 47.8 Å². The van der Waals surface area contributed by atoms with E-state index in [1.807, 2.05) is 49.4 Å². The predicted molar refractivity (Wildman–Crippen MR) is 136 cm³/mol. The van der Waals surface area contributed by atoms with E-state index < -0.39 is 0 Å². The summed E-state index contributed by atoms with van der Waals surface area (Å²) >= 11 is 6.28. The van der Waals surface area contributed by atoms with Crippen LogP contribution in [0.15, 0.2) is 42.5 Å². The second-order valence-corrected chi connectivity index (χ2v) is 9.41.